The molecule has 20 heavy (non-hydrogen) atoms. The van der Waals surface area contributed by atoms with Gasteiger partial charge in [-0.15, -0.1) is 0 Å². The van der Waals surface area contributed by atoms with Gasteiger partial charge in [-0.25, -0.2) is 0 Å². The van der Waals surface area contributed by atoms with Gasteiger partial charge in [-0.2, -0.15) is 0 Å². The highest BCUT2D eigenvalue weighted by molar-refractivity contribution is 6.30. The van der Waals surface area contributed by atoms with Crippen molar-refractivity contribution in [1.29, 1.82) is 0 Å². The monoisotopic (exact) mass is 287 g/mol. The first-order chi connectivity index (χ1) is 9.69. The standard InChI is InChI=1S/C18H22ClN/c1-3-18(16-8-5-9-17(19)13-16)20-11-10-15-7-4-6-14(2)12-15/h4-9,12-13,18,20H,3,10-11H2,1-2H3. The van der Waals surface area contributed by atoms with E-state index in [1.807, 2.05) is 12.1 Å². The van der Waals surface area contributed by atoms with Crippen LogP contribution in [0.1, 0.15) is 36.1 Å². The molecule has 1 N–H and O–H groups in total. The van der Waals surface area contributed by atoms with Crippen molar-refractivity contribution in [1.82, 2.24) is 5.32 Å². The van der Waals surface area contributed by atoms with E-state index in [2.05, 4.69) is 55.6 Å². The molecule has 1 nitrogen and oxygen atoms in total. The summed E-state index contributed by atoms with van der Waals surface area (Å²) in [5.74, 6) is 0. The van der Waals surface area contributed by atoms with Crippen LogP contribution in [0.2, 0.25) is 5.02 Å². The normalized spacial score (nSPS) is 12.3. The average molecular weight is 288 g/mol. The van der Waals surface area contributed by atoms with E-state index >= 15 is 0 Å². The minimum Gasteiger partial charge on any atom is -0.310 e. The third-order valence-electron chi connectivity index (χ3n) is 3.55. The second kappa shape index (κ2) is 7.47. The number of halogens is 1. The smallest absolute Gasteiger partial charge is 0.0409 e. The largest absolute Gasteiger partial charge is 0.310 e. The Hall–Kier alpha value is -1.31. The number of benzene rings is 2. The van der Waals surface area contributed by atoms with E-state index in [9.17, 15) is 0 Å². The first kappa shape index (κ1) is 15.1. The molecule has 0 bridgehead atoms. The van der Waals surface area contributed by atoms with E-state index in [4.69, 9.17) is 11.6 Å². The number of aryl methyl sites for hydroxylation is 1. The van der Waals surface area contributed by atoms with E-state index in [0.29, 0.717) is 6.04 Å². The maximum atomic E-state index is 6.07. The molecular formula is C18H22ClN. The number of nitrogens with one attached hydrogen (secondary N) is 1. The Morgan fingerprint density at radius 3 is 2.60 bits per heavy atom. The zero-order valence-corrected chi connectivity index (χ0v) is 13.0. The van der Waals surface area contributed by atoms with Gasteiger partial charge in [-0.3, -0.25) is 0 Å². The molecule has 0 aliphatic heterocycles. The number of hydrogen-bond acceptors (Lipinski definition) is 1. The second-order valence-electron chi connectivity index (χ2n) is 5.21. The van der Waals surface area contributed by atoms with Gasteiger partial charge in [0, 0.05) is 11.1 Å². The highest BCUT2D eigenvalue weighted by Gasteiger charge is 2.08. The summed E-state index contributed by atoms with van der Waals surface area (Å²) in [4.78, 5) is 0. The summed E-state index contributed by atoms with van der Waals surface area (Å²) in [6.07, 6.45) is 2.12. The summed E-state index contributed by atoms with van der Waals surface area (Å²) in [7, 11) is 0. The first-order valence-corrected chi connectivity index (χ1v) is 7.61. The molecule has 0 aromatic heterocycles. The predicted octanol–water partition coefficient (Wildman–Crippen LogP) is 4.93. The van der Waals surface area contributed by atoms with Crippen molar-refractivity contribution < 1.29 is 0 Å². The fourth-order valence-corrected chi connectivity index (χ4v) is 2.68. The van der Waals surface area contributed by atoms with Crippen LogP contribution in [-0.4, -0.2) is 6.54 Å². The lowest BCUT2D eigenvalue weighted by molar-refractivity contribution is 0.522. The molecule has 0 radical (unpaired) electrons. The van der Waals surface area contributed by atoms with Gasteiger partial charge in [0.1, 0.15) is 0 Å². The van der Waals surface area contributed by atoms with Crippen molar-refractivity contribution in [2.45, 2.75) is 32.7 Å². The average Bonchev–Trinajstić information content (AvgIpc) is 2.44. The van der Waals surface area contributed by atoms with Gasteiger partial charge in [0.15, 0.2) is 0 Å². The minimum absolute atomic E-state index is 0.374. The topological polar surface area (TPSA) is 12.0 Å². The molecule has 0 amide bonds. The molecule has 0 aliphatic rings. The lowest BCUT2D eigenvalue weighted by Crippen LogP contribution is -2.23. The van der Waals surface area contributed by atoms with Gasteiger partial charge in [-0.05, 0) is 49.6 Å². The van der Waals surface area contributed by atoms with Crippen LogP contribution in [0, 0.1) is 6.92 Å². The van der Waals surface area contributed by atoms with Crippen molar-refractivity contribution in [3.05, 3.63) is 70.2 Å². The van der Waals surface area contributed by atoms with E-state index in [-0.39, 0.29) is 0 Å². The Kier molecular flexibility index (Phi) is 5.63. The van der Waals surface area contributed by atoms with Crippen molar-refractivity contribution in [3.8, 4) is 0 Å². The van der Waals surface area contributed by atoms with Gasteiger partial charge in [0.2, 0.25) is 0 Å². The first-order valence-electron chi connectivity index (χ1n) is 7.23. The molecule has 2 aromatic rings. The maximum absolute atomic E-state index is 6.07. The van der Waals surface area contributed by atoms with E-state index in [0.717, 1.165) is 24.4 Å². The lowest BCUT2D eigenvalue weighted by Gasteiger charge is -2.18. The fraction of sp³-hybridized carbons (Fsp3) is 0.333. The van der Waals surface area contributed by atoms with Gasteiger partial charge < -0.3 is 5.32 Å². The summed E-state index contributed by atoms with van der Waals surface area (Å²) >= 11 is 6.07. The maximum Gasteiger partial charge on any atom is 0.0409 e. The Balaban J connectivity index is 1.91. The summed E-state index contributed by atoms with van der Waals surface area (Å²) in [5.41, 5.74) is 3.98. The fourth-order valence-electron chi connectivity index (χ4n) is 2.48. The molecule has 0 fully saturated rings. The molecule has 2 aromatic carbocycles. The third-order valence-corrected chi connectivity index (χ3v) is 3.78. The molecule has 106 valence electrons. The summed E-state index contributed by atoms with van der Waals surface area (Å²) in [5, 5.41) is 4.43. The number of hydrogen-bond donors (Lipinski definition) is 1. The molecule has 2 heteroatoms. The molecule has 0 aliphatic carbocycles. The molecule has 2 rings (SSSR count). The highest BCUT2D eigenvalue weighted by atomic mass is 35.5. The van der Waals surface area contributed by atoms with Gasteiger partial charge in [0.25, 0.3) is 0 Å². The van der Waals surface area contributed by atoms with E-state index in [1.54, 1.807) is 0 Å². The van der Waals surface area contributed by atoms with E-state index < -0.39 is 0 Å². The summed E-state index contributed by atoms with van der Waals surface area (Å²) in [6, 6.07) is 17.2. The van der Waals surface area contributed by atoms with Crippen molar-refractivity contribution in [2.24, 2.45) is 0 Å². The Labute approximate surface area is 127 Å². The molecule has 0 saturated heterocycles. The van der Waals surface area contributed by atoms with Crippen LogP contribution in [0.15, 0.2) is 48.5 Å². The second-order valence-corrected chi connectivity index (χ2v) is 5.65. The molecule has 1 atom stereocenters. The Morgan fingerprint density at radius 1 is 1.10 bits per heavy atom. The SMILES string of the molecule is CCC(NCCc1cccc(C)c1)c1cccc(Cl)c1. The van der Waals surface area contributed by atoms with Crippen molar-refractivity contribution >= 4 is 11.6 Å². The van der Waals surface area contributed by atoms with Crippen LogP contribution in [0.4, 0.5) is 0 Å². The molecule has 0 saturated carbocycles. The zero-order valence-electron chi connectivity index (χ0n) is 12.2. The van der Waals surface area contributed by atoms with Crippen LogP contribution >= 0.6 is 11.6 Å². The third kappa shape index (κ3) is 4.36. The summed E-state index contributed by atoms with van der Waals surface area (Å²) < 4.78 is 0. The lowest BCUT2D eigenvalue weighted by atomic mass is 10.0. The van der Waals surface area contributed by atoms with Crippen LogP contribution in [0.5, 0.6) is 0 Å². The number of rotatable bonds is 6. The van der Waals surface area contributed by atoms with Crippen molar-refractivity contribution in [3.63, 3.8) is 0 Å². The van der Waals surface area contributed by atoms with Gasteiger partial charge in [0.05, 0.1) is 0 Å². The van der Waals surface area contributed by atoms with Crippen LogP contribution in [0.3, 0.4) is 0 Å². The predicted molar refractivity (Wildman–Crippen MR) is 87.4 cm³/mol. The van der Waals surface area contributed by atoms with Gasteiger partial charge >= 0.3 is 0 Å². The summed E-state index contributed by atoms with van der Waals surface area (Å²) in [6.45, 7) is 5.32. The molecule has 1 unspecified atom stereocenters. The minimum atomic E-state index is 0.374. The Morgan fingerprint density at radius 2 is 1.90 bits per heavy atom. The molecular weight excluding hydrogens is 266 g/mol. The Bertz CT molecular complexity index is 551. The molecule has 0 heterocycles. The zero-order chi connectivity index (χ0) is 14.4. The van der Waals surface area contributed by atoms with Gasteiger partial charge in [-0.1, -0.05) is 60.5 Å². The quantitative estimate of drug-likeness (QED) is 0.794. The molecule has 0 spiro atoms. The van der Waals surface area contributed by atoms with Crippen LogP contribution in [0.25, 0.3) is 0 Å². The van der Waals surface area contributed by atoms with Crippen LogP contribution < -0.4 is 5.32 Å². The van der Waals surface area contributed by atoms with E-state index in [1.165, 1.54) is 16.7 Å². The highest BCUT2D eigenvalue weighted by Crippen LogP contribution is 2.20. The van der Waals surface area contributed by atoms with Crippen molar-refractivity contribution in [2.75, 3.05) is 6.54 Å². The van der Waals surface area contributed by atoms with Crippen LogP contribution in [-0.2, 0) is 6.42 Å².